The summed E-state index contributed by atoms with van der Waals surface area (Å²) in [5, 5.41) is 5.87. The Morgan fingerprint density at radius 3 is 2.54 bits per heavy atom. The highest BCUT2D eigenvalue weighted by Gasteiger charge is 2.24. The van der Waals surface area contributed by atoms with Gasteiger partial charge in [0.1, 0.15) is 0 Å². The van der Waals surface area contributed by atoms with E-state index in [0.29, 0.717) is 12.0 Å². The summed E-state index contributed by atoms with van der Waals surface area (Å²) < 4.78 is 0. The van der Waals surface area contributed by atoms with Crippen LogP contribution < -0.4 is 10.6 Å². The molecule has 0 aromatic rings. The van der Waals surface area contributed by atoms with E-state index >= 15 is 0 Å². The van der Waals surface area contributed by atoms with Crippen LogP contribution in [0, 0.1) is 5.92 Å². The Kier molecular flexibility index (Phi) is 3.58. The molecule has 13 heavy (non-hydrogen) atoms. The van der Waals surface area contributed by atoms with Crippen molar-refractivity contribution in [2.75, 3.05) is 0 Å². The van der Waals surface area contributed by atoms with Crippen molar-refractivity contribution in [3.05, 3.63) is 0 Å². The number of rotatable bonds is 4. The lowest BCUT2D eigenvalue weighted by Gasteiger charge is -2.19. The summed E-state index contributed by atoms with van der Waals surface area (Å²) in [5.74, 6) is 0.546. The molecule has 0 heterocycles. The number of carbonyl (C=O) groups excluding carboxylic acids is 1. The molecule has 1 aliphatic rings. The zero-order chi connectivity index (χ0) is 9.84. The van der Waals surface area contributed by atoms with Crippen LogP contribution in [0.3, 0.4) is 0 Å². The average Bonchev–Trinajstić information content (AvgIpc) is 2.86. The maximum atomic E-state index is 11.3. The monoisotopic (exact) mass is 184 g/mol. The molecule has 1 aliphatic carbocycles. The van der Waals surface area contributed by atoms with Crippen LogP contribution in [-0.4, -0.2) is 18.1 Å². The molecule has 0 saturated heterocycles. The maximum Gasteiger partial charge on any atom is 0.315 e. The van der Waals surface area contributed by atoms with Gasteiger partial charge in [-0.05, 0) is 25.7 Å². The zero-order valence-corrected chi connectivity index (χ0v) is 8.76. The van der Waals surface area contributed by atoms with Gasteiger partial charge in [0.2, 0.25) is 0 Å². The van der Waals surface area contributed by atoms with Gasteiger partial charge in [0.05, 0.1) is 0 Å². The standard InChI is InChI=1S/C10H20N2O/c1-4-7(2)8(3)11-10(13)12-9-5-6-9/h7-9H,4-6H2,1-3H3,(H2,11,12,13). The lowest BCUT2D eigenvalue weighted by Crippen LogP contribution is -2.44. The number of hydrogen-bond donors (Lipinski definition) is 2. The third-order valence-electron chi connectivity index (χ3n) is 2.77. The first-order valence-corrected chi connectivity index (χ1v) is 5.20. The highest BCUT2D eigenvalue weighted by atomic mass is 16.2. The van der Waals surface area contributed by atoms with Crippen LogP contribution in [0.4, 0.5) is 4.79 Å². The van der Waals surface area contributed by atoms with Crippen molar-refractivity contribution in [1.29, 1.82) is 0 Å². The number of amides is 2. The van der Waals surface area contributed by atoms with E-state index < -0.39 is 0 Å². The number of urea groups is 1. The molecule has 1 rings (SSSR count). The van der Waals surface area contributed by atoms with Crippen molar-refractivity contribution in [2.45, 2.75) is 52.1 Å². The Hall–Kier alpha value is -0.730. The third kappa shape index (κ3) is 3.66. The molecule has 76 valence electrons. The van der Waals surface area contributed by atoms with Crippen LogP contribution in [0.1, 0.15) is 40.0 Å². The summed E-state index contributed by atoms with van der Waals surface area (Å²) in [6.07, 6.45) is 3.39. The molecule has 2 amide bonds. The van der Waals surface area contributed by atoms with E-state index in [4.69, 9.17) is 0 Å². The van der Waals surface area contributed by atoms with Gasteiger partial charge in [-0.2, -0.15) is 0 Å². The van der Waals surface area contributed by atoms with Gasteiger partial charge in [-0.1, -0.05) is 20.3 Å². The minimum atomic E-state index is -0.00435. The van der Waals surface area contributed by atoms with Crippen molar-refractivity contribution in [1.82, 2.24) is 10.6 Å². The van der Waals surface area contributed by atoms with Gasteiger partial charge in [0.15, 0.2) is 0 Å². The normalized spacial score (nSPS) is 20.5. The van der Waals surface area contributed by atoms with Crippen molar-refractivity contribution in [2.24, 2.45) is 5.92 Å². The summed E-state index contributed by atoms with van der Waals surface area (Å²) in [6.45, 7) is 6.35. The Labute approximate surface area is 80.3 Å². The van der Waals surface area contributed by atoms with Gasteiger partial charge in [-0.3, -0.25) is 0 Å². The van der Waals surface area contributed by atoms with E-state index in [2.05, 4.69) is 31.4 Å². The third-order valence-corrected chi connectivity index (χ3v) is 2.77. The molecule has 0 bridgehead atoms. The molecular weight excluding hydrogens is 164 g/mol. The Morgan fingerprint density at radius 1 is 1.46 bits per heavy atom. The Bertz CT molecular complexity index is 178. The molecule has 1 fully saturated rings. The molecular formula is C10H20N2O. The first-order chi connectivity index (χ1) is 6.13. The summed E-state index contributed by atoms with van der Waals surface area (Å²) in [4.78, 5) is 11.3. The molecule has 0 spiro atoms. The fourth-order valence-electron chi connectivity index (χ4n) is 1.16. The first kappa shape index (κ1) is 10.4. The minimum Gasteiger partial charge on any atom is -0.335 e. The molecule has 3 nitrogen and oxygen atoms in total. The molecule has 0 aromatic carbocycles. The maximum absolute atomic E-state index is 11.3. The summed E-state index contributed by atoms with van der Waals surface area (Å²) >= 11 is 0. The second-order valence-corrected chi connectivity index (χ2v) is 4.07. The van der Waals surface area contributed by atoms with Crippen LogP contribution in [0.5, 0.6) is 0 Å². The summed E-state index contributed by atoms with van der Waals surface area (Å²) in [5.41, 5.74) is 0. The van der Waals surface area contributed by atoms with Crippen molar-refractivity contribution in [3.63, 3.8) is 0 Å². The van der Waals surface area contributed by atoms with Crippen molar-refractivity contribution >= 4 is 6.03 Å². The van der Waals surface area contributed by atoms with Gasteiger partial charge in [0.25, 0.3) is 0 Å². The molecule has 0 radical (unpaired) electrons. The lowest BCUT2D eigenvalue weighted by atomic mass is 10.0. The van der Waals surface area contributed by atoms with E-state index in [9.17, 15) is 4.79 Å². The largest absolute Gasteiger partial charge is 0.335 e. The molecule has 2 atom stereocenters. The zero-order valence-electron chi connectivity index (χ0n) is 8.76. The van der Waals surface area contributed by atoms with E-state index in [1.807, 2.05) is 0 Å². The van der Waals surface area contributed by atoms with Crippen LogP contribution >= 0.6 is 0 Å². The molecule has 2 N–H and O–H groups in total. The second kappa shape index (κ2) is 4.49. The Balaban J connectivity index is 2.17. The fourth-order valence-corrected chi connectivity index (χ4v) is 1.16. The van der Waals surface area contributed by atoms with Crippen molar-refractivity contribution < 1.29 is 4.79 Å². The van der Waals surface area contributed by atoms with Gasteiger partial charge in [-0.15, -0.1) is 0 Å². The minimum absolute atomic E-state index is 0.00435. The van der Waals surface area contributed by atoms with Gasteiger partial charge >= 0.3 is 6.03 Å². The van der Waals surface area contributed by atoms with Crippen LogP contribution in [0.2, 0.25) is 0 Å². The number of nitrogens with one attached hydrogen (secondary N) is 2. The fraction of sp³-hybridized carbons (Fsp3) is 0.900. The molecule has 0 aliphatic heterocycles. The van der Waals surface area contributed by atoms with E-state index in [1.165, 1.54) is 0 Å². The summed E-state index contributed by atoms with van der Waals surface area (Å²) in [6, 6.07) is 0.711. The average molecular weight is 184 g/mol. The van der Waals surface area contributed by atoms with Gasteiger partial charge in [0, 0.05) is 12.1 Å². The predicted molar refractivity (Wildman–Crippen MR) is 53.6 cm³/mol. The highest BCUT2D eigenvalue weighted by Crippen LogP contribution is 2.18. The highest BCUT2D eigenvalue weighted by molar-refractivity contribution is 5.74. The summed E-state index contributed by atoms with van der Waals surface area (Å²) in [7, 11) is 0. The van der Waals surface area contributed by atoms with Gasteiger partial charge < -0.3 is 10.6 Å². The number of carbonyl (C=O) groups is 1. The van der Waals surface area contributed by atoms with E-state index in [0.717, 1.165) is 19.3 Å². The Morgan fingerprint density at radius 2 is 2.08 bits per heavy atom. The van der Waals surface area contributed by atoms with E-state index in [-0.39, 0.29) is 12.1 Å². The lowest BCUT2D eigenvalue weighted by molar-refractivity contribution is 0.233. The predicted octanol–water partition coefficient (Wildman–Crippen LogP) is 1.88. The quantitative estimate of drug-likeness (QED) is 0.688. The SMILES string of the molecule is CCC(C)C(C)NC(=O)NC1CC1. The topological polar surface area (TPSA) is 41.1 Å². The van der Waals surface area contributed by atoms with E-state index in [1.54, 1.807) is 0 Å². The number of hydrogen-bond acceptors (Lipinski definition) is 1. The second-order valence-electron chi connectivity index (χ2n) is 4.07. The van der Waals surface area contributed by atoms with Crippen LogP contribution in [0.25, 0.3) is 0 Å². The first-order valence-electron chi connectivity index (χ1n) is 5.20. The smallest absolute Gasteiger partial charge is 0.315 e. The van der Waals surface area contributed by atoms with Gasteiger partial charge in [-0.25, -0.2) is 4.79 Å². The molecule has 3 heteroatoms. The van der Waals surface area contributed by atoms with Crippen LogP contribution in [0.15, 0.2) is 0 Å². The molecule has 1 saturated carbocycles. The van der Waals surface area contributed by atoms with Crippen LogP contribution in [-0.2, 0) is 0 Å². The molecule has 2 unspecified atom stereocenters. The van der Waals surface area contributed by atoms with Crippen molar-refractivity contribution in [3.8, 4) is 0 Å². The molecule has 0 aromatic heterocycles.